The van der Waals surface area contributed by atoms with Crippen LogP contribution in [0.15, 0.2) is 16.6 Å². The smallest absolute Gasteiger partial charge is 0.163 e. The van der Waals surface area contributed by atoms with E-state index >= 15 is 0 Å². The van der Waals surface area contributed by atoms with Crippen LogP contribution in [0.1, 0.15) is 12.8 Å². The zero-order valence-corrected chi connectivity index (χ0v) is 11.8. The van der Waals surface area contributed by atoms with Crippen molar-refractivity contribution in [2.24, 2.45) is 0 Å². The summed E-state index contributed by atoms with van der Waals surface area (Å²) in [7, 11) is 1.76. The van der Waals surface area contributed by atoms with Crippen LogP contribution in [0.2, 0.25) is 0 Å². The molecule has 5 heteroatoms. The maximum absolute atomic E-state index is 5.58. The van der Waals surface area contributed by atoms with Crippen molar-refractivity contribution in [3.05, 3.63) is 16.6 Å². The molecule has 1 saturated carbocycles. The maximum Gasteiger partial charge on any atom is 0.163 e. The summed E-state index contributed by atoms with van der Waals surface area (Å²) in [4.78, 5) is 0. The van der Waals surface area contributed by atoms with E-state index in [4.69, 9.17) is 14.2 Å². The minimum atomic E-state index is 0.401. The molecule has 0 radical (unpaired) electrons. The van der Waals surface area contributed by atoms with Gasteiger partial charge in [-0.15, -0.1) is 0 Å². The second-order valence-corrected chi connectivity index (χ2v) is 5.50. The van der Waals surface area contributed by atoms with Crippen molar-refractivity contribution in [2.45, 2.75) is 25.0 Å². The van der Waals surface area contributed by atoms with E-state index in [1.165, 1.54) is 0 Å². The third kappa shape index (κ3) is 2.29. The Bertz CT molecular complexity index is 446. The van der Waals surface area contributed by atoms with Crippen molar-refractivity contribution in [3.63, 3.8) is 0 Å². The summed E-state index contributed by atoms with van der Waals surface area (Å²) >= 11 is 3.56. The van der Waals surface area contributed by atoms with Crippen LogP contribution < -0.4 is 14.8 Å². The Morgan fingerprint density at radius 1 is 1.22 bits per heavy atom. The van der Waals surface area contributed by atoms with Crippen molar-refractivity contribution >= 4 is 21.6 Å². The fourth-order valence-electron chi connectivity index (χ4n) is 2.27. The molecule has 1 aromatic rings. The molecule has 98 valence electrons. The van der Waals surface area contributed by atoms with E-state index in [0.717, 1.165) is 34.5 Å². The minimum absolute atomic E-state index is 0.401. The number of nitrogens with one attached hydrogen (secondary N) is 1. The Balaban J connectivity index is 1.72. The molecule has 0 amide bonds. The van der Waals surface area contributed by atoms with Gasteiger partial charge in [0.1, 0.15) is 13.2 Å². The quantitative estimate of drug-likeness (QED) is 0.931. The number of hydrogen-bond donors (Lipinski definition) is 1. The fourth-order valence-corrected chi connectivity index (χ4v) is 2.71. The van der Waals surface area contributed by atoms with Crippen LogP contribution in [-0.2, 0) is 4.74 Å². The van der Waals surface area contributed by atoms with Crippen LogP contribution in [0.5, 0.6) is 11.5 Å². The molecule has 1 heterocycles. The number of fused-ring (bicyclic) bond motifs is 1. The van der Waals surface area contributed by atoms with Gasteiger partial charge in [-0.25, -0.2) is 0 Å². The van der Waals surface area contributed by atoms with E-state index in [1.807, 2.05) is 12.1 Å². The molecule has 1 aromatic carbocycles. The van der Waals surface area contributed by atoms with Crippen LogP contribution in [0.3, 0.4) is 0 Å². The van der Waals surface area contributed by atoms with E-state index in [2.05, 4.69) is 21.2 Å². The van der Waals surface area contributed by atoms with E-state index in [-0.39, 0.29) is 0 Å². The average Bonchev–Trinajstić information content (AvgIpc) is 2.33. The number of anilines is 1. The Kier molecular flexibility index (Phi) is 3.35. The van der Waals surface area contributed by atoms with Crippen LogP contribution in [-0.4, -0.2) is 32.5 Å². The molecule has 0 bridgehead atoms. The number of halogens is 1. The Morgan fingerprint density at radius 2 is 1.89 bits per heavy atom. The molecule has 1 aliphatic heterocycles. The van der Waals surface area contributed by atoms with Crippen LogP contribution >= 0.6 is 15.9 Å². The standard InChI is InChI=1S/C13H16BrNO3/c1-16-9-4-8(5-9)15-11-7-13-12(6-10(11)14)17-2-3-18-13/h6-9,15H,2-5H2,1H3. The molecule has 18 heavy (non-hydrogen) atoms. The first-order valence-corrected chi connectivity index (χ1v) is 6.94. The Morgan fingerprint density at radius 3 is 2.56 bits per heavy atom. The van der Waals surface area contributed by atoms with Crippen LogP contribution in [0, 0.1) is 0 Å². The number of ether oxygens (including phenoxy) is 3. The van der Waals surface area contributed by atoms with Crippen molar-refractivity contribution in [2.75, 3.05) is 25.6 Å². The number of rotatable bonds is 3. The van der Waals surface area contributed by atoms with Gasteiger partial charge in [0.15, 0.2) is 11.5 Å². The molecule has 0 aromatic heterocycles. The maximum atomic E-state index is 5.58. The third-order valence-corrected chi connectivity index (χ3v) is 4.08. The Labute approximate surface area is 115 Å². The van der Waals surface area contributed by atoms with Gasteiger partial charge < -0.3 is 19.5 Å². The summed E-state index contributed by atoms with van der Waals surface area (Å²) in [5, 5.41) is 3.50. The molecule has 1 fully saturated rings. The average molecular weight is 314 g/mol. The number of methoxy groups -OCH3 is 1. The van der Waals surface area contributed by atoms with Crippen molar-refractivity contribution in [3.8, 4) is 11.5 Å². The van der Waals surface area contributed by atoms with E-state index in [9.17, 15) is 0 Å². The molecular formula is C13H16BrNO3. The molecule has 3 rings (SSSR count). The normalized spacial score (nSPS) is 25.4. The molecule has 0 spiro atoms. The predicted molar refractivity (Wildman–Crippen MR) is 72.6 cm³/mol. The Hall–Kier alpha value is -0.940. The van der Waals surface area contributed by atoms with Gasteiger partial charge in [-0.3, -0.25) is 0 Å². The highest BCUT2D eigenvalue weighted by Crippen LogP contribution is 2.39. The molecule has 0 unspecified atom stereocenters. The van der Waals surface area contributed by atoms with Gasteiger partial charge in [0.2, 0.25) is 0 Å². The molecule has 1 aliphatic carbocycles. The predicted octanol–water partition coefficient (Wildman–Crippen LogP) is 2.81. The molecular weight excluding hydrogens is 298 g/mol. The van der Waals surface area contributed by atoms with E-state index in [1.54, 1.807) is 7.11 Å². The molecule has 4 nitrogen and oxygen atoms in total. The van der Waals surface area contributed by atoms with Gasteiger partial charge in [-0.2, -0.15) is 0 Å². The lowest BCUT2D eigenvalue weighted by atomic mass is 9.89. The van der Waals surface area contributed by atoms with E-state index < -0.39 is 0 Å². The lowest BCUT2D eigenvalue weighted by molar-refractivity contribution is 0.0328. The van der Waals surface area contributed by atoms with Crippen molar-refractivity contribution in [1.82, 2.24) is 0 Å². The molecule has 0 saturated heterocycles. The van der Waals surface area contributed by atoms with Crippen molar-refractivity contribution in [1.29, 1.82) is 0 Å². The van der Waals surface area contributed by atoms with Gasteiger partial charge in [-0.05, 0) is 28.8 Å². The number of hydrogen-bond acceptors (Lipinski definition) is 4. The summed E-state index contributed by atoms with van der Waals surface area (Å²) in [6.45, 7) is 1.23. The van der Waals surface area contributed by atoms with Crippen LogP contribution in [0.4, 0.5) is 5.69 Å². The highest BCUT2D eigenvalue weighted by atomic mass is 79.9. The second kappa shape index (κ2) is 4.97. The van der Waals surface area contributed by atoms with Gasteiger partial charge in [0.25, 0.3) is 0 Å². The van der Waals surface area contributed by atoms with Crippen molar-refractivity contribution < 1.29 is 14.2 Å². The topological polar surface area (TPSA) is 39.7 Å². The first kappa shape index (κ1) is 12.1. The van der Waals surface area contributed by atoms with Crippen LogP contribution in [0.25, 0.3) is 0 Å². The second-order valence-electron chi connectivity index (χ2n) is 4.65. The van der Waals surface area contributed by atoms with Gasteiger partial charge >= 0.3 is 0 Å². The summed E-state index contributed by atoms with van der Waals surface area (Å²) in [5.41, 5.74) is 1.05. The minimum Gasteiger partial charge on any atom is -0.486 e. The zero-order valence-electron chi connectivity index (χ0n) is 10.2. The summed E-state index contributed by atoms with van der Waals surface area (Å²) in [6, 6.07) is 4.44. The highest BCUT2D eigenvalue weighted by molar-refractivity contribution is 9.10. The van der Waals surface area contributed by atoms with Gasteiger partial charge in [0.05, 0.1) is 11.8 Å². The SMILES string of the molecule is COC1CC(Nc2cc3c(cc2Br)OCCO3)C1. The summed E-state index contributed by atoms with van der Waals surface area (Å²) in [5.74, 6) is 1.62. The van der Waals surface area contributed by atoms with E-state index in [0.29, 0.717) is 25.4 Å². The van der Waals surface area contributed by atoms with Gasteiger partial charge in [-0.1, -0.05) is 0 Å². The highest BCUT2D eigenvalue weighted by Gasteiger charge is 2.29. The molecule has 2 aliphatic rings. The summed E-state index contributed by atoms with van der Waals surface area (Å²) in [6.07, 6.45) is 2.51. The molecule has 1 N–H and O–H groups in total. The molecule has 0 atom stereocenters. The first-order chi connectivity index (χ1) is 8.76. The zero-order chi connectivity index (χ0) is 12.5. The lowest BCUT2D eigenvalue weighted by Gasteiger charge is -2.35. The number of benzene rings is 1. The monoisotopic (exact) mass is 313 g/mol. The first-order valence-electron chi connectivity index (χ1n) is 6.14. The fraction of sp³-hybridized carbons (Fsp3) is 0.538. The van der Waals surface area contributed by atoms with Gasteiger partial charge in [0, 0.05) is 29.8 Å². The lowest BCUT2D eigenvalue weighted by Crippen LogP contribution is -2.40. The largest absolute Gasteiger partial charge is 0.486 e. The summed E-state index contributed by atoms with van der Waals surface area (Å²) < 4.78 is 17.4. The third-order valence-electron chi connectivity index (χ3n) is 3.42.